The van der Waals surface area contributed by atoms with E-state index in [2.05, 4.69) is 25.2 Å². The molecule has 2 unspecified atom stereocenters. The molecule has 1 rings (SSSR count). The van der Waals surface area contributed by atoms with E-state index >= 15 is 0 Å². The van der Waals surface area contributed by atoms with E-state index in [1.807, 2.05) is 19.1 Å². The summed E-state index contributed by atoms with van der Waals surface area (Å²) in [5, 5.41) is 13.2. The summed E-state index contributed by atoms with van der Waals surface area (Å²) in [7, 11) is 1.69. The fourth-order valence-electron chi connectivity index (χ4n) is 1.94. The molecule has 0 saturated heterocycles. The van der Waals surface area contributed by atoms with Crippen molar-refractivity contribution in [2.75, 3.05) is 26.9 Å². The van der Waals surface area contributed by atoms with Crippen LogP contribution in [-0.2, 0) is 4.74 Å². The predicted molar refractivity (Wildman–Crippen MR) is 81.4 cm³/mol. The fraction of sp³-hybridized carbons (Fsp3) is 0.625. The van der Waals surface area contributed by atoms with Gasteiger partial charge in [-0.1, -0.05) is 17.7 Å². The lowest BCUT2D eigenvalue weighted by Crippen LogP contribution is -2.37. The molecule has 0 fully saturated rings. The highest BCUT2D eigenvalue weighted by molar-refractivity contribution is 5.35. The summed E-state index contributed by atoms with van der Waals surface area (Å²) in [5.74, 6) is 0.835. The lowest BCUT2D eigenvalue weighted by atomic mass is 10.1. The maximum atomic E-state index is 9.91. The van der Waals surface area contributed by atoms with Crippen LogP contribution >= 0.6 is 0 Å². The number of aliphatic hydroxyl groups excluding tert-OH is 1. The molecule has 0 saturated carbocycles. The molecule has 0 heterocycles. The number of aliphatic hydroxyl groups is 1. The average Bonchev–Trinajstić information content (AvgIpc) is 2.41. The monoisotopic (exact) mass is 281 g/mol. The first-order chi connectivity index (χ1) is 9.52. The number of hydrogen-bond acceptors (Lipinski definition) is 4. The summed E-state index contributed by atoms with van der Waals surface area (Å²) in [4.78, 5) is 0. The number of benzene rings is 1. The number of ether oxygens (including phenoxy) is 2. The van der Waals surface area contributed by atoms with E-state index in [-0.39, 0.29) is 0 Å². The van der Waals surface area contributed by atoms with Crippen molar-refractivity contribution < 1.29 is 14.6 Å². The SMILES string of the molecule is COCCC(C)NCC(O)COc1ccc(C)cc1C. The summed E-state index contributed by atoms with van der Waals surface area (Å²) < 4.78 is 10.7. The molecule has 4 heteroatoms. The Kier molecular flexibility index (Phi) is 7.59. The molecular formula is C16H27NO3. The van der Waals surface area contributed by atoms with Gasteiger partial charge >= 0.3 is 0 Å². The maximum Gasteiger partial charge on any atom is 0.122 e. The number of methoxy groups -OCH3 is 1. The molecule has 1 aromatic rings. The molecular weight excluding hydrogens is 254 g/mol. The minimum Gasteiger partial charge on any atom is -0.491 e. The van der Waals surface area contributed by atoms with Gasteiger partial charge in [-0.25, -0.2) is 0 Å². The third kappa shape index (κ3) is 6.37. The Balaban J connectivity index is 2.27. The van der Waals surface area contributed by atoms with Crippen molar-refractivity contribution in [3.8, 4) is 5.75 Å². The highest BCUT2D eigenvalue weighted by atomic mass is 16.5. The van der Waals surface area contributed by atoms with Crippen molar-refractivity contribution in [2.24, 2.45) is 0 Å². The van der Waals surface area contributed by atoms with Gasteiger partial charge in [-0.2, -0.15) is 0 Å². The molecule has 4 nitrogen and oxygen atoms in total. The Hall–Kier alpha value is -1.10. The first-order valence-corrected chi connectivity index (χ1v) is 7.13. The minimum atomic E-state index is -0.513. The van der Waals surface area contributed by atoms with Gasteiger partial charge < -0.3 is 19.9 Å². The van der Waals surface area contributed by atoms with E-state index in [0.29, 0.717) is 19.2 Å². The second kappa shape index (κ2) is 8.95. The van der Waals surface area contributed by atoms with Crippen LogP contribution in [0.3, 0.4) is 0 Å². The number of hydrogen-bond donors (Lipinski definition) is 2. The van der Waals surface area contributed by atoms with Gasteiger partial charge in [0.2, 0.25) is 0 Å². The van der Waals surface area contributed by atoms with E-state index in [4.69, 9.17) is 9.47 Å². The van der Waals surface area contributed by atoms with Crippen molar-refractivity contribution in [1.29, 1.82) is 0 Å². The van der Waals surface area contributed by atoms with Gasteiger partial charge in [0.15, 0.2) is 0 Å². The Morgan fingerprint density at radius 2 is 2.05 bits per heavy atom. The molecule has 0 aliphatic heterocycles. The zero-order chi connectivity index (χ0) is 15.0. The van der Waals surface area contributed by atoms with E-state index in [0.717, 1.165) is 24.3 Å². The molecule has 1 aromatic carbocycles. The van der Waals surface area contributed by atoms with Crippen LogP contribution in [0.4, 0.5) is 0 Å². The van der Waals surface area contributed by atoms with Crippen molar-refractivity contribution in [2.45, 2.75) is 39.3 Å². The molecule has 114 valence electrons. The van der Waals surface area contributed by atoms with Crippen LogP contribution in [-0.4, -0.2) is 44.1 Å². The molecule has 2 atom stereocenters. The number of aryl methyl sites for hydroxylation is 2. The summed E-state index contributed by atoms with van der Waals surface area (Å²) >= 11 is 0. The smallest absolute Gasteiger partial charge is 0.122 e. The molecule has 0 amide bonds. The third-order valence-corrected chi connectivity index (χ3v) is 3.22. The van der Waals surface area contributed by atoms with E-state index in [9.17, 15) is 5.11 Å². The third-order valence-electron chi connectivity index (χ3n) is 3.22. The van der Waals surface area contributed by atoms with Crippen LogP contribution < -0.4 is 10.1 Å². The second-order valence-corrected chi connectivity index (χ2v) is 5.32. The maximum absolute atomic E-state index is 9.91. The molecule has 0 radical (unpaired) electrons. The molecule has 0 aliphatic carbocycles. The van der Waals surface area contributed by atoms with Crippen molar-refractivity contribution in [1.82, 2.24) is 5.32 Å². The molecule has 0 aromatic heterocycles. The number of rotatable bonds is 9. The normalized spacial score (nSPS) is 14.1. The van der Waals surface area contributed by atoms with Gasteiger partial charge in [0.25, 0.3) is 0 Å². The topological polar surface area (TPSA) is 50.7 Å². The van der Waals surface area contributed by atoms with Gasteiger partial charge in [0.05, 0.1) is 0 Å². The average molecular weight is 281 g/mol. The van der Waals surface area contributed by atoms with E-state index in [1.54, 1.807) is 7.11 Å². The molecule has 2 N–H and O–H groups in total. The fourth-order valence-corrected chi connectivity index (χ4v) is 1.94. The summed E-state index contributed by atoms with van der Waals surface area (Å²) in [6.07, 6.45) is 0.418. The van der Waals surface area contributed by atoms with E-state index < -0.39 is 6.10 Å². The molecule has 0 spiro atoms. The van der Waals surface area contributed by atoms with Crippen LogP contribution in [0.1, 0.15) is 24.5 Å². The van der Waals surface area contributed by atoms with Crippen LogP contribution in [0, 0.1) is 13.8 Å². The van der Waals surface area contributed by atoms with Gasteiger partial charge in [-0.15, -0.1) is 0 Å². The quantitative estimate of drug-likeness (QED) is 0.727. The Labute approximate surface area is 122 Å². The minimum absolute atomic E-state index is 0.300. The lowest BCUT2D eigenvalue weighted by molar-refractivity contribution is 0.101. The van der Waals surface area contributed by atoms with Gasteiger partial charge in [0.1, 0.15) is 18.5 Å². The summed E-state index contributed by atoms with van der Waals surface area (Å²) in [6.45, 7) is 7.69. The van der Waals surface area contributed by atoms with Gasteiger partial charge in [0, 0.05) is 26.3 Å². The Morgan fingerprint density at radius 3 is 2.70 bits per heavy atom. The zero-order valence-electron chi connectivity index (χ0n) is 13.0. The highest BCUT2D eigenvalue weighted by Crippen LogP contribution is 2.18. The highest BCUT2D eigenvalue weighted by Gasteiger charge is 2.09. The van der Waals surface area contributed by atoms with Gasteiger partial charge in [-0.3, -0.25) is 0 Å². The Morgan fingerprint density at radius 1 is 1.30 bits per heavy atom. The molecule has 0 aliphatic rings. The van der Waals surface area contributed by atoms with E-state index in [1.165, 1.54) is 5.56 Å². The van der Waals surface area contributed by atoms with Crippen LogP contribution in [0.25, 0.3) is 0 Å². The molecule has 0 bridgehead atoms. The largest absolute Gasteiger partial charge is 0.491 e. The predicted octanol–water partition coefficient (Wildman–Crippen LogP) is 2.06. The van der Waals surface area contributed by atoms with Crippen LogP contribution in [0.15, 0.2) is 18.2 Å². The van der Waals surface area contributed by atoms with Gasteiger partial charge in [-0.05, 0) is 38.8 Å². The van der Waals surface area contributed by atoms with Crippen molar-refractivity contribution in [3.63, 3.8) is 0 Å². The summed E-state index contributed by atoms with van der Waals surface area (Å²) in [5.41, 5.74) is 2.31. The van der Waals surface area contributed by atoms with Crippen LogP contribution in [0.5, 0.6) is 5.75 Å². The first kappa shape index (κ1) is 17.0. The standard InChI is InChI=1S/C16H27NO3/c1-12-5-6-16(13(2)9-12)20-11-15(18)10-17-14(3)7-8-19-4/h5-6,9,14-15,17-18H,7-8,10-11H2,1-4H3. The van der Waals surface area contributed by atoms with Crippen LogP contribution in [0.2, 0.25) is 0 Å². The number of nitrogens with one attached hydrogen (secondary N) is 1. The van der Waals surface area contributed by atoms with Crippen molar-refractivity contribution in [3.05, 3.63) is 29.3 Å². The second-order valence-electron chi connectivity index (χ2n) is 5.32. The zero-order valence-corrected chi connectivity index (χ0v) is 13.0. The first-order valence-electron chi connectivity index (χ1n) is 7.13. The molecule has 20 heavy (non-hydrogen) atoms. The van der Waals surface area contributed by atoms with Crippen molar-refractivity contribution >= 4 is 0 Å². The Bertz CT molecular complexity index is 395. The summed E-state index contributed by atoms with van der Waals surface area (Å²) in [6, 6.07) is 6.37. The lowest BCUT2D eigenvalue weighted by Gasteiger charge is -2.18.